The molecule has 0 saturated heterocycles. The molecule has 0 saturated carbocycles. The van der Waals surface area contributed by atoms with Crippen LogP contribution >= 0.6 is 23.5 Å². The van der Waals surface area contributed by atoms with Gasteiger partial charge >= 0.3 is 5.69 Å². The number of nitrogens with two attached hydrogens (primary N) is 1. The van der Waals surface area contributed by atoms with E-state index < -0.39 is 0 Å². The maximum absolute atomic E-state index is 11.6. The molecule has 0 bridgehead atoms. The SMILES string of the molecule is Nc1ccn(C2CSC(CO)=CS2)c(=O)n1. The molecule has 0 aromatic carbocycles. The molecular weight excluding hydrogens is 246 g/mol. The number of hydrogen-bond acceptors (Lipinski definition) is 6. The van der Waals surface area contributed by atoms with Crippen LogP contribution in [0.25, 0.3) is 0 Å². The van der Waals surface area contributed by atoms with E-state index in [2.05, 4.69) is 4.98 Å². The third kappa shape index (κ3) is 2.42. The summed E-state index contributed by atoms with van der Waals surface area (Å²) in [4.78, 5) is 16.2. The molecule has 1 aromatic rings. The highest BCUT2D eigenvalue weighted by molar-refractivity contribution is 8.09. The Labute approximate surface area is 101 Å². The molecule has 2 heterocycles. The highest BCUT2D eigenvalue weighted by atomic mass is 32.2. The molecule has 1 aliphatic heterocycles. The lowest BCUT2D eigenvalue weighted by atomic mass is 10.5. The fourth-order valence-corrected chi connectivity index (χ4v) is 3.52. The van der Waals surface area contributed by atoms with Crippen LogP contribution in [0.1, 0.15) is 5.37 Å². The summed E-state index contributed by atoms with van der Waals surface area (Å²) in [6, 6.07) is 1.61. The maximum Gasteiger partial charge on any atom is 0.350 e. The first kappa shape index (κ1) is 11.6. The third-order valence-electron chi connectivity index (χ3n) is 2.09. The third-order valence-corrected chi connectivity index (χ3v) is 4.67. The molecule has 1 aliphatic rings. The second-order valence-corrected chi connectivity index (χ2v) is 5.38. The second kappa shape index (κ2) is 4.94. The lowest BCUT2D eigenvalue weighted by Crippen LogP contribution is -2.27. The second-order valence-electron chi connectivity index (χ2n) is 3.19. The zero-order chi connectivity index (χ0) is 11.5. The van der Waals surface area contributed by atoms with E-state index in [-0.39, 0.29) is 23.5 Å². The number of rotatable bonds is 2. The fourth-order valence-electron chi connectivity index (χ4n) is 1.28. The Morgan fingerprint density at radius 3 is 3.06 bits per heavy atom. The molecular formula is C9H11N3O2S2. The average Bonchev–Trinajstić information content (AvgIpc) is 2.29. The number of nitrogen functional groups attached to an aromatic ring is 1. The quantitative estimate of drug-likeness (QED) is 0.809. The summed E-state index contributed by atoms with van der Waals surface area (Å²) in [5.74, 6) is 0.976. The molecule has 0 fully saturated rings. The molecule has 1 unspecified atom stereocenters. The maximum atomic E-state index is 11.6. The number of aliphatic hydroxyl groups excluding tert-OH is 1. The Kier molecular flexibility index (Phi) is 3.57. The fraction of sp³-hybridized carbons (Fsp3) is 0.333. The number of aromatic nitrogens is 2. The summed E-state index contributed by atoms with van der Waals surface area (Å²) in [6.45, 7) is 0.0548. The zero-order valence-corrected chi connectivity index (χ0v) is 10.0. The number of aliphatic hydroxyl groups is 1. The largest absolute Gasteiger partial charge is 0.391 e. The van der Waals surface area contributed by atoms with Gasteiger partial charge in [-0.3, -0.25) is 4.57 Å². The van der Waals surface area contributed by atoms with Crippen LogP contribution in [-0.4, -0.2) is 27.0 Å². The number of anilines is 1. The van der Waals surface area contributed by atoms with E-state index in [1.807, 2.05) is 5.41 Å². The van der Waals surface area contributed by atoms with Gasteiger partial charge in [-0.25, -0.2) is 4.79 Å². The van der Waals surface area contributed by atoms with Crippen molar-refractivity contribution in [3.05, 3.63) is 33.1 Å². The van der Waals surface area contributed by atoms with Crippen molar-refractivity contribution in [3.8, 4) is 0 Å². The summed E-state index contributed by atoms with van der Waals surface area (Å²) in [6.07, 6.45) is 1.65. The van der Waals surface area contributed by atoms with Crippen molar-refractivity contribution in [2.75, 3.05) is 18.1 Å². The Hall–Kier alpha value is -0.920. The van der Waals surface area contributed by atoms with Crippen LogP contribution in [0.3, 0.4) is 0 Å². The molecule has 1 atom stereocenters. The van der Waals surface area contributed by atoms with Gasteiger partial charge in [0, 0.05) is 16.9 Å². The van der Waals surface area contributed by atoms with Gasteiger partial charge in [-0.2, -0.15) is 4.98 Å². The normalized spacial score (nSPS) is 20.6. The van der Waals surface area contributed by atoms with Gasteiger partial charge in [0.1, 0.15) is 5.82 Å². The van der Waals surface area contributed by atoms with Crippen molar-refractivity contribution >= 4 is 29.3 Å². The Balaban J connectivity index is 2.21. The first-order valence-electron chi connectivity index (χ1n) is 4.63. The van der Waals surface area contributed by atoms with E-state index in [1.165, 1.54) is 11.8 Å². The monoisotopic (exact) mass is 257 g/mol. The van der Waals surface area contributed by atoms with Gasteiger partial charge in [-0.05, 0) is 11.5 Å². The van der Waals surface area contributed by atoms with Crippen LogP contribution in [0.4, 0.5) is 5.82 Å². The van der Waals surface area contributed by atoms with Gasteiger partial charge in [0.05, 0.1) is 12.0 Å². The van der Waals surface area contributed by atoms with E-state index in [0.29, 0.717) is 0 Å². The van der Waals surface area contributed by atoms with Gasteiger partial charge in [0.2, 0.25) is 0 Å². The summed E-state index contributed by atoms with van der Waals surface area (Å²) in [5, 5.41) is 10.8. The first-order valence-corrected chi connectivity index (χ1v) is 6.56. The number of hydrogen-bond donors (Lipinski definition) is 2. The van der Waals surface area contributed by atoms with Crippen molar-refractivity contribution in [3.63, 3.8) is 0 Å². The molecule has 0 spiro atoms. The van der Waals surface area contributed by atoms with Crippen LogP contribution in [0.5, 0.6) is 0 Å². The van der Waals surface area contributed by atoms with Gasteiger partial charge in [0.15, 0.2) is 0 Å². The minimum atomic E-state index is -0.334. The van der Waals surface area contributed by atoms with Crippen LogP contribution in [0.15, 0.2) is 27.4 Å². The molecule has 7 heteroatoms. The van der Waals surface area contributed by atoms with E-state index in [4.69, 9.17) is 10.8 Å². The van der Waals surface area contributed by atoms with Crippen molar-refractivity contribution < 1.29 is 5.11 Å². The Morgan fingerprint density at radius 2 is 2.50 bits per heavy atom. The van der Waals surface area contributed by atoms with Crippen molar-refractivity contribution in [1.82, 2.24) is 9.55 Å². The zero-order valence-electron chi connectivity index (χ0n) is 8.37. The van der Waals surface area contributed by atoms with E-state index in [9.17, 15) is 4.79 Å². The molecule has 86 valence electrons. The van der Waals surface area contributed by atoms with Crippen molar-refractivity contribution in [1.29, 1.82) is 0 Å². The van der Waals surface area contributed by atoms with Crippen molar-refractivity contribution in [2.45, 2.75) is 5.37 Å². The number of nitrogens with zero attached hydrogens (tertiary/aromatic N) is 2. The standard InChI is InChI=1S/C9H11N3O2S2/c10-7-1-2-12(9(14)11-7)8-5-15-6(3-13)4-16-8/h1-2,4,8,13H,3,5H2,(H2,10,11,14). The van der Waals surface area contributed by atoms with E-state index in [0.717, 1.165) is 10.7 Å². The molecule has 16 heavy (non-hydrogen) atoms. The Bertz CT molecular complexity index is 472. The molecule has 5 nitrogen and oxygen atoms in total. The predicted octanol–water partition coefficient (Wildman–Crippen LogP) is 0.638. The molecule has 2 rings (SSSR count). The predicted molar refractivity (Wildman–Crippen MR) is 67.2 cm³/mol. The average molecular weight is 257 g/mol. The van der Waals surface area contributed by atoms with Crippen LogP contribution in [0, 0.1) is 0 Å². The number of thioether (sulfide) groups is 2. The summed E-state index contributed by atoms with van der Waals surface area (Å²) >= 11 is 3.06. The van der Waals surface area contributed by atoms with Gasteiger partial charge in [-0.1, -0.05) is 0 Å². The van der Waals surface area contributed by atoms with Gasteiger partial charge < -0.3 is 10.8 Å². The summed E-state index contributed by atoms with van der Waals surface area (Å²) in [7, 11) is 0. The lowest BCUT2D eigenvalue weighted by molar-refractivity contribution is 0.339. The topological polar surface area (TPSA) is 81.1 Å². The van der Waals surface area contributed by atoms with Crippen LogP contribution in [-0.2, 0) is 0 Å². The van der Waals surface area contributed by atoms with Gasteiger partial charge in [0.25, 0.3) is 0 Å². The molecule has 0 amide bonds. The molecule has 0 aliphatic carbocycles. The minimum Gasteiger partial charge on any atom is -0.391 e. The first-order chi connectivity index (χ1) is 7.70. The summed E-state index contributed by atoms with van der Waals surface area (Å²) < 4.78 is 1.55. The molecule has 3 N–H and O–H groups in total. The summed E-state index contributed by atoms with van der Waals surface area (Å²) in [5.41, 5.74) is 5.08. The van der Waals surface area contributed by atoms with E-state index in [1.54, 1.807) is 28.6 Å². The lowest BCUT2D eigenvalue weighted by Gasteiger charge is -2.21. The Morgan fingerprint density at radius 1 is 1.69 bits per heavy atom. The highest BCUT2D eigenvalue weighted by Crippen LogP contribution is 2.36. The van der Waals surface area contributed by atoms with Gasteiger partial charge in [-0.15, -0.1) is 23.5 Å². The molecule has 0 radical (unpaired) electrons. The highest BCUT2D eigenvalue weighted by Gasteiger charge is 2.18. The van der Waals surface area contributed by atoms with Crippen molar-refractivity contribution in [2.24, 2.45) is 0 Å². The van der Waals surface area contributed by atoms with Crippen LogP contribution < -0.4 is 11.4 Å². The van der Waals surface area contributed by atoms with E-state index >= 15 is 0 Å². The molecule has 1 aromatic heterocycles. The smallest absolute Gasteiger partial charge is 0.350 e. The minimum absolute atomic E-state index is 0.0147. The van der Waals surface area contributed by atoms with Crippen LogP contribution in [0.2, 0.25) is 0 Å².